The van der Waals surface area contributed by atoms with Crippen molar-refractivity contribution >= 4 is 0 Å². The van der Waals surface area contributed by atoms with Crippen molar-refractivity contribution in [3.8, 4) is 33.9 Å². The Bertz CT molecular complexity index is 1250. The summed E-state index contributed by atoms with van der Waals surface area (Å²) in [4.78, 5) is 24.5. The molecule has 168 valence electrons. The van der Waals surface area contributed by atoms with E-state index in [1.54, 1.807) is 24.7 Å². The van der Waals surface area contributed by atoms with Crippen LogP contribution in [-0.4, -0.2) is 43.0 Å². The molecule has 9 heteroatoms. The van der Waals surface area contributed by atoms with Gasteiger partial charge in [0, 0.05) is 29.1 Å². The van der Waals surface area contributed by atoms with Gasteiger partial charge in [0.1, 0.15) is 17.5 Å². The van der Waals surface area contributed by atoms with E-state index >= 15 is 0 Å². The van der Waals surface area contributed by atoms with Gasteiger partial charge in [-0.1, -0.05) is 6.07 Å². The summed E-state index contributed by atoms with van der Waals surface area (Å²) >= 11 is 0. The van der Waals surface area contributed by atoms with Crippen molar-refractivity contribution in [3.63, 3.8) is 0 Å². The summed E-state index contributed by atoms with van der Waals surface area (Å²) in [5, 5.41) is 6.84. The third kappa shape index (κ3) is 3.94. The zero-order valence-corrected chi connectivity index (χ0v) is 18.1. The highest BCUT2D eigenvalue weighted by atomic mass is 19.1. The molecule has 2 atom stereocenters. The summed E-state index contributed by atoms with van der Waals surface area (Å²) in [6.07, 6.45) is 11.4. The molecule has 6 rings (SSSR count). The van der Waals surface area contributed by atoms with Crippen LogP contribution in [0.2, 0.25) is 0 Å². The van der Waals surface area contributed by atoms with Crippen LogP contribution in [0.25, 0.3) is 33.9 Å². The lowest BCUT2D eigenvalue weighted by atomic mass is 10.1. The van der Waals surface area contributed by atoms with E-state index in [1.807, 2.05) is 12.3 Å². The number of hydrogen-bond donors (Lipinski definition) is 4. The average molecular weight is 445 g/mol. The van der Waals surface area contributed by atoms with Crippen molar-refractivity contribution in [3.05, 3.63) is 60.5 Å². The lowest BCUT2D eigenvalue weighted by Crippen LogP contribution is -2.14. The number of imidazole rings is 2. The van der Waals surface area contributed by atoms with Gasteiger partial charge in [-0.15, -0.1) is 0 Å². The number of H-pyrrole nitrogens is 2. The molecule has 4 aromatic rings. The Kier molecular flexibility index (Phi) is 5.20. The summed E-state index contributed by atoms with van der Waals surface area (Å²) in [5.41, 5.74) is 3.50. The predicted octanol–water partition coefficient (Wildman–Crippen LogP) is 3.91. The number of halogens is 1. The molecule has 1 aromatic carbocycles. The second-order valence-electron chi connectivity index (χ2n) is 8.65. The van der Waals surface area contributed by atoms with Crippen LogP contribution >= 0.6 is 0 Å². The van der Waals surface area contributed by atoms with Crippen molar-refractivity contribution in [2.24, 2.45) is 0 Å². The van der Waals surface area contributed by atoms with Gasteiger partial charge >= 0.3 is 0 Å². The monoisotopic (exact) mass is 444 g/mol. The zero-order valence-electron chi connectivity index (χ0n) is 18.1. The first-order valence-electron chi connectivity index (χ1n) is 11.4. The molecule has 0 aliphatic carbocycles. The Morgan fingerprint density at radius 2 is 1.36 bits per heavy atom. The van der Waals surface area contributed by atoms with E-state index in [0.29, 0.717) is 22.6 Å². The van der Waals surface area contributed by atoms with E-state index in [1.165, 1.54) is 6.07 Å². The molecule has 0 bridgehead atoms. The Morgan fingerprint density at radius 1 is 0.727 bits per heavy atom. The molecule has 2 aliphatic heterocycles. The van der Waals surface area contributed by atoms with Crippen LogP contribution in [0.4, 0.5) is 4.39 Å². The first-order chi connectivity index (χ1) is 16.2. The number of aromatic nitrogens is 6. The maximum Gasteiger partial charge on any atom is 0.159 e. The molecular weight excluding hydrogens is 419 g/mol. The molecule has 0 amide bonds. The largest absolute Gasteiger partial charge is 0.341 e. The van der Waals surface area contributed by atoms with Gasteiger partial charge in [0.2, 0.25) is 0 Å². The number of nitrogens with one attached hydrogen (secondary N) is 4. The smallest absolute Gasteiger partial charge is 0.159 e. The van der Waals surface area contributed by atoms with Gasteiger partial charge in [-0.3, -0.25) is 0 Å². The summed E-state index contributed by atoms with van der Waals surface area (Å²) in [7, 11) is 0. The Hall–Kier alpha value is -3.43. The first kappa shape index (κ1) is 20.2. The lowest BCUT2D eigenvalue weighted by Gasteiger charge is -2.07. The summed E-state index contributed by atoms with van der Waals surface area (Å²) in [5.74, 6) is 1.93. The highest BCUT2D eigenvalue weighted by Crippen LogP contribution is 2.29. The van der Waals surface area contributed by atoms with E-state index in [2.05, 4.69) is 40.5 Å². The number of hydrogen-bond acceptors (Lipinski definition) is 6. The van der Waals surface area contributed by atoms with Crippen LogP contribution in [0.1, 0.15) is 49.4 Å². The molecule has 8 nitrogen and oxygen atoms in total. The van der Waals surface area contributed by atoms with E-state index in [4.69, 9.17) is 0 Å². The minimum atomic E-state index is -0.336. The molecule has 0 saturated carbocycles. The first-order valence-corrected chi connectivity index (χ1v) is 11.4. The molecule has 33 heavy (non-hydrogen) atoms. The van der Waals surface area contributed by atoms with Gasteiger partial charge in [-0.2, -0.15) is 0 Å². The fraction of sp³-hybridized carbons (Fsp3) is 0.333. The standard InChI is InChI=1S/C24H25FN8/c25-17-9-14(5-6-16(17)21-13-31-24(33-21)19-4-2-8-27-19)22-28-10-15(11-29-22)20-12-30-23(32-20)18-3-1-7-26-18/h5-6,9-13,18-19,26-27H,1-4,7-8H2,(H,30,32)(H,31,33). The summed E-state index contributed by atoms with van der Waals surface area (Å²) < 4.78 is 15.0. The van der Waals surface area contributed by atoms with E-state index in [0.717, 1.165) is 61.7 Å². The molecule has 0 radical (unpaired) electrons. The molecular formula is C24H25FN8. The topological polar surface area (TPSA) is 107 Å². The van der Waals surface area contributed by atoms with Gasteiger partial charge < -0.3 is 20.6 Å². The Labute approximate surface area is 190 Å². The molecule has 0 spiro atoms. The van der Waals surface area contributed by atoms with Gasteiger partial charge in [0.25, 0.3) is 0 Å². The van der Waals surface area contributed by atoms with E-state index in [9.17, 15) is 4.39 Å². The van der Waals surface area contributed by atoms with Crippen LogP contribution in [-0.2, 0) is 0 Å². The van der Waals surface area contributed by atoms with E-state index < -0.39 is 0 Å². The van der Waals surface area contributed by atoms with Crippen LogP contribution in [0.15, 0.2) is 43.0 Å². The normalized spacial score (nSPS) is 20.5. The molecule has 2 saturated heterocycles. The van der Waals surface area contributed by atoms with Crippen molar-refractivity contribution in [1.29, 1.82) is 0 Å². The minimum absolute atomic E-state index is 0.216. The van der Waals surface area contributed by atoms with Crippen molar-refractivity contribution < 1.29 is 4.39 Å². The van der Waals surface area contributed by atoms with Crippen LogP contribution in [0.5, 0.6) is 0 Å². The molecule has 2 fully saturated rings. The van der Waals surface area contributed by atoms with Crippen molar-refractivity contribution in [2.45, 2.75) is 37.8 Å². The fourth-order valence-corrected chi connectivity index (χ4v) is 4.64. The number of rotatable bonds is 5. The van der Waals surface area contributed by atoms with Gasteiger partial charge in [0.15, 0.2) is 5.82 Å². The Morgan fingerprint density at radius 3 is 1.97 bits per heavy atom. The molecule has 3 aromatic heterocycles. The number of benzene rings is 1. The average Bonchev–Trinajstić information content (AvgIpc) is 3.64. The second-order valence-corrected chi connectivity index (χ2v) is 8.65. The molecule has 2 unspecified atom stereocenters. The van der Waals surface area contributed by atoms with Gasteiger partial charge in [0.05, 0.1) is 35.9 Å². The van der Waals surface area contributed by atoms with Crippen LogP contribution < -0.4 is 10.6 Å². The summed E-state index contributed by atoms with van der Waals surface area (Å²) in [6, 6.07) is 5.55. The summed E-state index contributed by atoms with van der Waals surface area (Å²) in [6.45, 7) is 2.01. The maximum absolute atomic E-state index is 15.0. The Balaban J connectivity index is 1.20. The third-order valence-corrected chi connectivity index (χ3v) is 6.45. The van der Waals surface area contributed by atoms with Crippen molar-refractivity contribution in [1.82, 2.24) is 40.5 Å². The number of nitrogens with zero attached hydrogens (tertiary/aromatic N) is 4. The third-order valence-electron chi connectivity index (χ3n) is 6.45. The highest BCUT2D eigenvalue weighted by molar-refractivity contribution is 5.66. The molecule has 4 N–H and O–H groups in total. The highest BCUT2D eigenvalue weighted by Gasteiger charge is 2.21. The maximum atomic E-state index is 15.0. The van der Waals surface area contributed by atoms with Crippen LogP contribution in [0, 0.1) is 5.82 Å². The van der Waals surface area contributed by atoms with Gasteiger partial charge in [-0.05, 0) is 50.9 Å². The molecule has 5 heterocycles. The minimum Gasteiger partial charge on any atom is -0.341 e. The fourth-order valence-electron chi connectivity index (χ4n) is 4.64. The zero-order chi connectivity index (χ0) is 22.2. The lowest BCUT2D eigenvalue weighted by molar-refractivity contribution is 0.612. The van der Waals surface area contributed by atoms with E-state index in [-0.39, 0.29) is 17.9 Å². The predicted molar refractivity (Wildman–Crippen MR) is 123 cm³/mol. The second kappa shape index (κ2) is 8.49. The quantitative estimate of drug-likeness (QED) is 0.372. The SMILES string of the molecule is Fc1cc(-c2ncc(-c3cnc(C4CCCN4)[nH]3)cn2)ccc1-c1cnc(C2CCCN2)[nH]1. The van der Waals surface area contributed by atoms with Gasteiger partial charge in [-0.25, -0.2) is 24.3 Å². The molecule has 2 aliphatic rings. The van der Waals surface area contributed by atoms with Crippen molar-refractivity contribution in [2.75, 3.05) is 13.1 Å². The number of aromatic amines is 2. The van der Waals surface area contributed by atoms with Crippen LogP contribution in [0.3, 0.4) is 0 Å².